The molecule has 0 bridgehead atoms. The van der Waals surface area contributed by atoms with Crippen molar-refractivity contribution in [1.29, 1.82) is 0 Å². The van der Waals surface area contributed by atoms with E-state index >= 15 is 0 Å². The molecule has 1 saturated carbocycles. The maximum atomic E-state index is 5.82. The quantitative estimate of drug-likeness (QED) is 0.589. The van der Waals surface area contributed by atoms with Gasteiger partial charge in [-0.1, -0.05) is 27.7 Å². The highest BCUT2D eigenvalue weighted by Gasteiger charge is 2.45. The lowest BCUT2D eigenvalue weighted by Gasteiger charge is -2.50. The molecular formula is C14H26O. The summed E-state index contributed by atoms with van der Waals surface area (Å²) >= 11 is 0. The van der Waals surface area contributed by atoms with Crippen LogP contribution in [-0.2, 0) is 4.74 Å². The van der Waals surface area contributed by atoms with Crippen molar-refractivity contribution in [3.8, 4) is 0 Å². The van der Waals surface area contributed by atoms with Crippen LogP contribution in [0.3, 0.4) is 0 Å². The summed E-state index contributed by atoms with van der Waals surface area (Å²) in [7, 11) is 0. The van der Waals surface area contributed by atoms with Crippen molar-refractivity contribution in [2.24, 2.45) is 22.7 Å². The highest BCUT2D eigenvalue weighted by Crippen LogP contribution is 2.52. The minimum Gasteiger partial charge on any atom is -0.381 e. The van der Waals surface area contributed by atoms with Crippen molar-refractivity contribution in [3.05, 3.63) is 0 Å². The van der Waals surface area contributed by atoms with Crippen LogP contribution >= 0.6 is 0 Å². The average molecular weight is 210 g/mol. The van der Waals surface area contributed by atoms with Gasteiger partial charge in [-0.15, -0.1) is 0 Å². The predicted octanol–water partition coefficient (Wildman–Crippen LogP) is 3.88. The zero-order valence-electron chi connectivity index (χ0n) is 10.8. The maximum absolute atomic E-state index is 5.82. The summed E-state index contributed by atoms with van der Waals surface area (Å²) in [5, 5.41) is 0. The van der Waals surface area contributed by atoms with E-state index in [-0.39, 0.29) is 0 Å². The first-order chi connectivity index (χ1) is 6.91. The first-order valence-corrected chi connectivity index (χ1v) is 6.49. The molecule has 3 unspecified atom stereocenters. The molecule has 2 aliphatic rings. The van der Waals surface area contributed by atoms with E-state index in [1.807, 2.05) is 0 Å². The summed E-state index contributed by atoms with van der Waals surface area (Å²) < 4.78 is 5.82. The van der Waals surface area contributed by atoms with Crippen molar-refractivity contribution in [3.63, 3.8) is 0 Å². The molecule has 1 aliphatic carbocycles. The number of ether oxygens (including phenoxy) is 1. The second-order valence-electron chi connectivity index (χ2n) is 7.18. The Morgan fingerprint density at radius 2 is 1.67 bits per heavy atom. The zero-order chi connectivity index (χ0) is 11.1. The van der Waals surface area contributed by atoms with Crippen LogP contribution in [0.5, 0.6) is 0 Å². The van der Waals surface area contributed by atoms with Crippen LogP contribution in [0.25, 0.3) is 0 Å². The van der Waals surface area contributed by atoms with Gasteiger partial charge in [-0.05, 0) is 48.3 Å². The zero-order valence-corrected chi connectivity index (χ0v) is 10.8. The highest BCUT2D eigenvalue weighted by atomic mass is 16.5. The monoisotopic (exact) mass is 210 g/mol. The summed E-state index contributed by atoms with van der Waals surface area (Å²) in [5.74, 6) is 1.64. The Balaban J connectivity index is 2.12. The highest BCUT2D eigenvalue weighted by molar-refractivity contribution is 4.95. The molecule has 0 aromatic carbocycles. The molecule has 0 N–H and O–H groups in total. The topological polar surface area (TPSA) is 9.23 Å². The van der Waals surface area contributed by atoms with Gasteiger partial charge in [-0.2, -0.15) is 0 Å². The Morgan fingerprint density at radius 3 is 2.27 bits per heavy atom. The van der Waals surface area contributed by atoms with Gasteiger partial charge in [0, 0.05) is 6.61 Å². The van der Waals surface area contributed by atoms with Crippen LogP contribution in [0.15, 0.2) is 0 Å². The summed E-state index contributed by atoms with van der Waals surface area (Å²) in [6.07, 6.45) is 5.54. The standard InChI is InChI=1S/C14H26O/c1-11-5-13(3,4)9-14(6-11)7-12(2)8-15-10-14/h11-12H,5-10H2,1-4H3. The molecule has 1 saturated heterocycles. The van der Waals surface area contributed by atoms with Gasteiger partial charge in [-0.25, -0.2) is 0 Å². The largest absolute Gasteiger partial charge is 0.381 e. The lowest BCUT2D eigenvalue weighted by Crippen LogP contribution is -2.44. The number of rotatable bonds is 0. The first kappa shape index (κ1) is 11.4. The molecule has 88 valence electrons. The van der Waals surface area contributed by atoms with E-state index in [2.05, 4.69) is 27.7 Å². The minimum atomic E-state index is 0.513. The third-order valence-corrected chi connectivity index (χ3v) is 4.13. The molecule has 0 aromatic heterocycles. The summed E-state index contributed by atoms with van der Waals surface area (Å²) in [6.45, 7) is 11.6. The Hall–Kier alpha value is -0.0400. The van der Waals surface area contributed by atoms with E-state index in [1.54, 1.807) is 0 Å². The summed E-state index contributed by atoms with van der Waals surface area (Å²) in [5.41, 5.74) is 1.04. The Bertz CT molecular complexity index is 229. The molecule has 1 aliphatic heterocycles. The Morgan fingerprint density at radius 1 is 1.00 bits per heavy atom. The number of hydrogen-bond acceptors (Lipinski definition) is 1. The van der Waals surface area contributed by atoms with Crippen LogP contribution < -0.4 is 0 Å². The Kier molecular flexibility index (Phi) is 2.87. The fraction of sp³-hybridized carbons (Fsp3) is 1.00. The minimum absolute atomic E-state index is 0.513. The molecule has 0 radical (unpaired) electrons. The molecule has 3 atom stereocenters. The first-order valence-electron chi connectivity index (χ1n) is 6.49. The van der Waals surface area contributed by atoms with E-state index in [1.165, 1.54) is 25.7 Å². The SMILES string of the molecule is CC1COCC2(C1)CC(C)CC(C)(C)C2. The molecule has 1 heteroatoms. The second-order valence-corrected chi connectivity index (χ2v) is 7.18. The Labute approximate surface area is 94.6 Å². The molecule has 1 heterocycles. The second kappa shape index (κ2) is 3.76. The average Bonchev–Trinajstić information content (AvgIpc) is 1.97. The van der Waals surface area contributed by atoms with Crippen LogP contribution in [0, 0.1) is 22.7 Å². The van der Waals surface area contributed by atoms with E-state index < -0.39 is 0 Å². The number of hydrogen-bond donors (Lipinski definition) is 0. The van der Waals surface area contributed by atoms with Crippen molar-refractivity contribution >= 4 is 0 Å². The van der Waals surface area contributed by atoms with Gasteiger partial charge in [0.2, 0.25) is 0 Å². The van der Waals surface area contributed by atoms with Gasteiger partial charge in [-0.3, -0.25) is 0 Å². The van der Waals surface area contributed by atoms with Crippen molar-refractivity contribution < 1.29 is 4.74 Å². The molecular weight excluding hydrogens is 184 g/mol. The fourth-order valence-electron chi connectivity index (χ4n) is 4.51. The van der Waals surface area contributed by atoms with Gasteiger partial charge in [0.05, 0.1) is 6.61 Å². The van der Waals surface area contributed by atoms with E-state index in [0.717, 1.165) is 25.0 Å². The molecule has 15 heavy (non-hydrogen) atoms. The third kappa shape index (κ3) is 2.55. The van der Waals surface area contributed by atoms with Gasteiger partial charge in [0.1, 0.15) is 0 Å². The van der Waals surface area contributed by atoms with E-state index in [9.17, 15) is 0 Å². The van der Waals surface area contributed by atoms with Gasteiger partial charge < -0.3 is 4.74 Å². The molecule has 2 fully saturated rings. The molecule has 0 aromatic rings. The maximum Gasteiger partial charge on any atom is 0.0522 e. The normalized spacial score (nSPS) is 45.6. The van der Waals surface area contributed by atoms with E-state index in [4.69, 9.17) is 4.74 Å². The van der Waals surface area contributed by atoms with E-state index in [0.29, 0.717) is 10.8 Å². The lowest BCUT2D eigenvalue weighted by molar-refractivity contribution is -0.0899. The van der Waals surface area contributed by atoms with Crippen molar-refractivity contribution in [2.45, 2.75) is 53.4 Å². The third-order valence-electron chi connectivity index (χ3n) is 4.13. The van der Waals surface area contributed by atoms with Crippen LogP contribution in [-0.4, -0.2) is 13.2 Å². The van der Waals surface area contributed by atoms with Crippen molar-refractivity contribution in [1.82, 2.24) is 0 Å². The lowest BCUT2D eigenvalue weighted by atomic mass is 9.58. The fourth-order valence-corrected chi connectivity index (χ4v) is 4.51. The molecule has 0 amide bonds. The summed E-state index contributed by atoms with van der Waals surface area (Å²) in [6, 6.07) is 0. The predicted molar refractivity (Wildman–Crippen MR) is 63.8 cm³/mol. The van der Waals surface area contributed by atoms with Crippen LogP contribution in [0.1, 0.15) is 53.4 Å². The van der Waals surface area contributed by atoms with Gasteiger partial charge in [0.15, 0.2) is 0 Å². The molecule has 1 spiro atoms. The summed E-state index contributed by atoms with van der Waals surface area (Å²) in [4.78, 5) is 0. The molecule has 1 nitrogen and oxygen atoms in total. The van der Waals surface area contributed by atoms with Gasteiger partial charge in [0.25, 0.3) is 0 Å². The van der Waals surface area contributed by atoms with Crippen LogP contribution in [0.4, 0.5) is 0 Å². The molecule has 2 rings (SSSR count). The van der Waals surface area contributed by atoms with Crippen molar-refractivity contribution in [2.75, 3.05) is 13.2 Å². The smallest absolute Gasteiger partial charge is 0.0522 e. The van der Waals surface area contributed by atoms with Gasteiger partial charge >= 0.3 is 0 Å². The van der Waals surface area contributed by atoms with Crippen LogP contribution in [0.2, 0.25) is 0 Å².